The van der Waals surface area contributed by atoms with E-state index in [-0.39, 0.29) is 0 Å². The Bertz CT molecular complexity index is 309. The van der Waals surface area contributed by atoms with E-state index < -0.39 is 0 Å². The van der Waals surface area contributed by atoms with E-state index >= 15 is 0 Å². The molecule has 0 spiro atoms. The number of hydrogen-bond donors (Lipinski definition) is 1. The molecule has 0 fully saturated rings. The van der Waals surface area contributed by atoms with Crippen molar-refractivity contribution in [3.63, 3.8) is 0 Å². The Morgan fingerprint density at radius 2 is 2.06 bits per heavy atom. The first-order valence-corrected chi connectivity index (χ1v) is 7.90. The second kappa shape index (κ2) is 9.54. The van der Waals surface area contributed by atoms with Gasteiger partial charge in [-0.3, -0.25) is 0 Å². The van der Waals surface area contributed by atoms with Gasteiger partial charge in [0.25, 0.3) is 0 Å². The summed E-state index contributed by atoms with van der Waals surface area (Å²) in [6, 6.07) is 4.40. The molecule has 3 heteroatoms. The van der Waals surface area contributed by atoms with Crippen molar-refractivity contribution in [2.75, 3.05) is 13.2 Å². The maximum Gasteiger partial charge on any atom is 0.0809 e. The predicted molar refractivity (Wildman–Crippen MR) is 80.0 cm³/mol. The Kier molecular flexibility index (Phi) is 8.31. The maximum absolute atomic E-state index is 5.70. The van der Waals surface area contributed by atoms with Crippen LogP contribution in [0.1, 0.15) is 49.8 Å². The summed E-state index contributed by atoms with van der Waals surface area (Å²) in [6.45, 7) is 10.5. The molecule has 0 unspecified atom stereocenters. The minimum Gasteiger partial charge on any atom is -0.376 e. The van der Waals surface area contributed by atoms with Crippen LogP contribution in [0.5, 0.6) is 0 Å². The third kappa shape index (κ3) is 7.14. The smallest absolute Gasteiger partial charge is 0.0809 e. The van der Waals surface area contributed by atoms with Crippen molar-refractivity contribution < 1.29 is 4.74 Å². The molecule has 0 aliphatic rings. The first kappa shape index (κ1) is 15.7. The van der Waals surface area contributed by atoms with Crippen molar-refractivity contribution in [1.82, 2.24) is 5.32 Å². The van der Waals surface area contributed by atoms with Crippen LogP contribution < -0.4 is 5.32 Å². The van der Waals surface area contributed by atoms with Crippen molar-refractivity contribution in [1.29, 1.82) is 0 Å². The second-order valence-electron chi connectivity index (χ2n) is 5.13. The molecule has 0 atom stereocenters. The zero-order valence-corrected chi connectivity index (χ0v) is 12.8. The maximum atomic E-state index is 5.70. The number of nitrogens with one attached hydrogen (secondary N) is 1. The third-order valence-electron chi connectivity index (χ3n) is 2.76. The van der Waals surface area contributed by atoms with Gasteiger partial charge in [-0.2, -0.15) is 0 Å². The van der Waals surface area contributed by atoms with E-state index in [0.29, 0.717) is 0 Å². The Labute approximate surface area is 116 Å². The third-order valence-corrected chi connectivity index (χ3v) is 3.82. The van der Waals surface area contributed by atoms with Crippen molar-refractivity contribution in [3.8, 4) is 0 Å². The molecule has 1 aromatic rings. The van der Waals surface area contributed by atoms with Crippen LogP contribution in [-0.2, 0) is 17.9 Å². The predicted octanol–water partition coefficient (Wildman–Crippen LogP) is 4.20. The fourth-order valence-corrected chi connectivity index (χ4v) is 2.68. The van der Waals surface area contributed by atoms with Crippen LogP contribution in [0.2, 0.25) is 0 Å². The van der Waals surface area contributed by atoms with Gasteiger partial charge in [0.15, 0.2) is 0 Å². The molecule has 1 N–H and O–H groups in total. The first-order chi connectivity index (χ1) is 8.72. The average molecular weight is 269 g/mol. The van der Waals surface area contributed by atoms with Crippen LogP contribution in [0.3, 0.4) is 0 Å². The fraction of sp³-hybridized carbons (Fsp3) is 0.733. The van der Waals surface area contributed by atoms with Crippen LogP contribution in [0.4, 0.5) is 0 Å². The number of thiophene rings is 1. The number of ether oxygens (including phenoxy) is 1. The molecule has 0 saturated heterocycles. The molecule has 1 aromatic heterocycles. The van der Waals surface area contributed by atoms with Crippen molar-refractivity contribution in [3.05, 3.63) is 21.9 Å². The lowest BCUT2D eigenvalue weighted by Gasteiger charge is -2.04. The largest absolute Gasteiger partial charge is 0.376 e. The molecule has 0 amide bonds. The van der Waals surface area contributed by atoms with Crippen molar-refractivity contribution in [2.45, 2.75) is 53.2 Å². The zero-order chi connectivity index (χ0) is 13.2. The van der Waals surface area contributed by atoms with Gasteiger partial charge in [-0.15, -0.1) is 11.3 Å². The molecular weight excluding hydrogens is 242 g/mol. The van der Waals surface area contributed by atoms with Gasteiger partial charge in [0.2, 0.25) is 0 Å². The summed E-state index contributed by atoms with van der Waals surface area (Å²) in [5, 5.41) is 3.42. The van der Waals surface area contributed by atoms with Crippen LogP contribution in [0.25, 0.3) is 0 Å². The van der Waals surface area contributed by atoms with Gasteiger partial charge in [0.1, 0.15) is 0 Å². The molecule has 0 aliphatic heterocycles. The topological polar surface area (TPSA) is 21.3 Å². The van der Waals surface area contributed by atoms with Gasteiger partial charge in [-0.1, -0.05) is 20.8 Å². The van der Waals surface area contributed by atoms with E-state index in [2.05, 4.69) is 38.2 Å². The Morgan fingerprint density at radius 3 is 2.78 bits per heavy atom. The van der Waals surface area contributed by atoms with E-state index in [1.54, 1.807) is 0 Å². The second-order valence-corrected chi connectivity index (χ2v) is 6.39. The van der Waals surface area contributed by atoms with Crippen molar-refractivity contribution in [2.24, 2.45) is 5.92 Å². The Hall–Kier alpha value is -0.380. The summed E-state index contributed by atoms with van der Waals surface area (Å²) in [5.74, 6) is 0.784. The van der Waals surface area contributed by atoms with Crippen LogP contribution in [0.15, 0.2) is 12.1 Å². The minimum atomic E-state index is 0.774. The number of hydrogen-bond acceptors (Lipinski definition) is 3. The molecule has 0 saturated carbocycles. The molecular formula is C15H27NOS. The zero-order valence-electron chi connectivity index (χ0n) is 12.0. The summed E-state index contributed by atoms with van der Waals surface area (Å²) in [4.78, 5) is 2.75. The lowest BCUT2D eigenvalue weighted by Crippen LogP contribution is -2.12. The summed E-state index contributed by atoms with van der Waals surface area (Å²) in [7, 11) is 0. The highest BCUT2D eigenvalue weighted by Crippen LogP contribution is 2.17. The quantitative estimate of drug-likeness (QED) is 0.643. The highest BCUT2D eigenvalue weighted by atomic mass is 32.1. The van der Waals surface area contributed by atoms with Crippen LogP contribution in [-0.4, -0.2) is 13.2 Å². The standard InChI is InChI=1S/C15H27NOS/c1-4-9-16-11-14-7-8-15(18-14)12-17-10-5-6-13(2)3/h7-8,13,16H,4-6,9-12H2,1-3H3. The molecule has 1 rings (SSSR count). The van der Waals surface area contributed by atoms with E-state index in [1.807, 2.05) is 11.3 Å². The monoisotopic (exact) mass is 269 g/mol. The summed E-state index contributed by atoms with van der Waals surface area (Å²) in [5.41, 5.74) is 0. The van der Waals surface area contributed by atoms with Gasteiger partial charge >= 0.3 is 0 Å². The number of rotatable bonds is 10. The van der Waals surface area contributed by atoms with Gasteiger partial charge < -0.3 is 10.1 Å². The lowest BCUT2D eigenvalue weighted by molar-refractivity contribution is 0.117. The van der Waals surface area contributed by atoms with E-state index in [0.717, 1.165) is 32.2 Å². The Morgan fingerprint density at radius 1 is 1.28 bits per heavy atom. The molecule has 18 heavy (non-hydrogen) atoms. The molecule has 0 aromatic carbocycles. The Balaban J connectivity index is 2.11. The van der Waals surface area contributed by atoms with Gasteiger partial charge in [-0.25, -0.2) is 0 Å². The van der Waals surface area contributed by atoms with E-state index in [1.165, 1.54) is 29.0 Å². The highest BCUT2D eigenvalue weighted by Gasteiger charge is 2.00. The molecule has 2 nitrogen and oxygen atoms in total. The molecule has 0 radical (unpaired) electrons. The summed E-state index contributed by atoms with van der Waals surface area (Å²) < 4.78 is 5.70. The van der Waals surface area contributed by atoms with E-state index in [4.69, 9.17) is 4.74 Å². The molecule has 1 heterocycles. The molecule has 104 valence electrons. The SMILES string of the molecule is CCCNCc1ccc(COCCCC(C)C)s1. The minimum absolute atomic E-state index is 0.774. The molecule has 0 aliphatic carbocycles. The fourth-order valence-electron chi connectivity index (χ4n) is 1.75. The lowest BCUT2D eigenvalue weighted by atomic mass is 10.1. The summed E-state index contributed by atoms with van der Waals surface area (Å²) >= 11 is 1.86. The van der Waals surface area contributed by atoms with Gasteiger partial charge in [0, 0.05) is 22.9 Å². The van der Waals surface area contributed by atoms with Crippen LogP contribution in [0, 0.1) is 5.92 Å². The van der Waals surface area contributed by atoms with E-state index in [9.17, 15) is 0 Å². The highest BCUT2D eigenvalue weighted by molar-refractivity contribution is 7.11. The summed E-state index contributed by atoms with van der Waals surface area (Å²) in [6.07, 6.45) is 3.63. The van der Waals surface area contributed by atoms with Gasteiger partial charge in [-0.05, 0) is 43.9 Å². The van der Waals surface area contributed by atoms with Crippen molar-refractivity contribution >= 4 is 11.3 Å². The average Bonchev–Trinajstić information content (AvgIpc) is 2.77. The molecule has 0 bridgehead atoms. The van der Waals surface area contributed by atoms with Gasteiger partial charge in [0.05, 0.1) is 6.61 Å². The van der Waals surface area contributed by atoms with Crippen LogP contribution >= 0.6 is 11.3 Å². The normalized spacial score (nSPS) is 11.3. The first-order valence-electron chi connectivity index (χ1n) is 7.08.